The van der Waals surface area contributed by atoms with Crippen molar-refractivity contribution in [1.82, 2.24) is 20.6 Å². The molecule has 2 aromatic heterocycles. The molecular weight excluding hydrogens is 632 g/mol. The minimum atomic E-state index is 0.00793. The van der Waals surface area contributed by atoms with E-state index in [9.17, 15) is 9.59 Å². The van der Waals surface area contributed by atoms with Crippen molar-refractivity contribution in [3.63, 3.8) is 0 Å². The Morgan fingerprint density at radius 2 is 0.880 bits per heavy atom. The lowest BCUT2D eigenvalue weighted by Gasteiger charge is -2.12. The molecule has 1 unspecified atom stereocenters. The summed E-state index contributed by atoms with van der Waals surface area (Å²) in [7, 11) is 0. The molecule has 2 aromatic carbocycles. The van der Waals surface area contributed by atoms with Crippen molar-refractivity contribution in [2.45, 2.75) is 105 Å². The second-order valence-corrected chi connectivity index (χ2v) is 12.8. The summed E-state index contributed by atoms with van der Waals surface area (Å²) in [6.45, 7) is 15.0. The van der Waals surface area contributed by atoms with Crippen molar-refractivity contribution in [1.29, 1.82) is 0 Å². The van der Waals surface area contributed by atoms with Crippen LogP contribution in [0.15, 0.2) is 85.2 Å². The molecule has 268 valence electrons. The molecule has 0 saturated carbocycles. The molecule has 0 aliphatic rings. The van der Waals surface area contributed by atoms with Gasteiger partial charge < -0.3 is 29.6 Å². The molecule has 0 fully saturated rings. The molecular formula is C40H52N4O6. The second-order valence-electron chi connectivity index (χ2n) is 12.8. The number of hydrogen-bond acceptors (Lipinski definition) is 8. The number of carbonyl (C=O) groups excluding carboxylic acids is 2. The molecule has 0 saturated heterocycles. The number of rotatable bonds is 16. The van der Waals surface area contributed by atoms with Crippen LogP contribution in [0, 0.1) is 0 Å². The van der Waals surface area contributed by atoms with Crippen molar-refractivity contribution >= 4 is 11.8 Å². The van der Waals surface area contributed by atoms with Crippen molar-refractivity contribution in [3.8, 4) is 34.8 Å². The number of benzene rings is 2. The van der Waals surface area contributed by atoms with E-state index in [1.165, 1.54) is 25.0 Å². The Hall–Kier alpha value is -5.12. The number of nitrogens with one attached hydrogen (secondary N) is 2. The quantitative estimate of drug-likeness (QED) is 0.121. The normalized spacial score (nSPS) is 11.9. The fourth-order valence-corrected chi connectivity index (χ4v) is 4.83. The fourth-order valence-electron chi connectivity index (χ4n) is 4.83. The van der Waals surface area contributed by atoms with Gasteiger partial charge >= 0.3 is 0 Å². The molecule has 0 spiro atoms. The van der Waals surface area contributed by atoms with Crippen LogP contribution in [0.4, 0.5) is 0 Å². The van der Waals surface area contributed by atoms with E-state index in [4.69, 9.17) is 18.9 Å². The first kappa shape index (κ1) is 39.3. The van der Waals surface area contributed by atoms with E-state index in [2.05, 4.69) is 20.6 Å². The first-order valence-corrected chi connectivity index (χ1v) is 17.2. The molecule has 4 rings (SSSR count). The Bertz CT molecular complexity index is 1450. The number of hydrogen-bond donors (Lipinski definition) is 2. The lowest BCUT2D eigenvalue weighted by molar-refractivity contribution is -0.120. The van der Waals surface area contributed by atoms with Gasteiger partial charge in [0.05, 0.1) is 24.6 Å². The predicted octanol–water partition coefficient (Wildman–Crippen LogP) is 8.24. The molecule has 2 amide bonds. The van der Waals surface area contributed by atoms with Gasteiger partial charge in [-0.3, -0.25) is 9.59 Å². The third kappa shape index (κ3) is 15.9. The van der Waals surface area contributed by atoms with E-state index in [0.717, 1.165) is 48.7 Å². The fraction of sp³-hybridized carbons (Fsp3) is 0.400. The number of nitrogens with zero attached hydrogens (tertiary/aromatic N) is 2. The highest BCUT2D eigenvalue weighted by Crippen LogP contribution is 2.24. The van der Waals surface area contributed by atoms with Gasteiger partial charge in [-0.15, -0.1) is 0 Å². The van der Waals surface area contributed by atoms with Crippen molar-refractivity contribution in [3.05, 3.63) is 96.3 Å². The molecule has 2 heterocycles. The van der Waals surface area contributed by atoms with E-state index < -0.39 is 0 Å². The van der Waals surface area contributed by atoms with E-state index in [0.29, 0.717) is 11.8 Å². The highest BCUT2D eigenvalue weighted by atomic mass is 16.5. The van der Waals surface area contributed by atoms with Crippen LogP contribution >= 0.6 is 0 Å². The third-order valence-corrected chi connectivity index (χ3v) is 7.08. The monoisotopic (exact) mass is 684 g/mol. The summed E-state index contributed by atoms with van der Waals surface area (Å²) < 4.78 is 22.6. The van der Waals surface area contributed by atoms with Gasteiger partial charge in [0.1, 0.15) is 23.0 Å². The van der Waals surface area contributed by atoms with Crippen LogP contribution in [0.25, 0.3) is 0 Å². The van der Waals surface area contributed by atoms with Crippen LogP contribution in [-0.4, -0.2) is 46.1 Å². The minimum Gasteiger partial charge on any atom is -0.489 e. The van der Waals surface area contributed by atoms with Crippen LogP contribution in [-0.2, 0) is 22.4 Å². The molecule has 2 N–H and O–H groups in total. The van der Waals surface area contributed by atoms with Crippen LogP contribution in [0.1, 0.15) is 79.4 Å². The summed E-state index contributed by atoms with van der Waals surface area (Å²) >= 11 is 0. The first-order valence-electron chi connectivity index (χ1n) is 17.2. The zero-order chi connectivity index (χ0) is 36.5. The lowest BCUT2D eigenvalue weighted by Crippen LogP contribution is -2.30. The van der Waals surface area contributed by atoms with Gasteiger partial charge in [-0.2, -0.15) is 0 Å². The molecule has 0 bridgehead atoms. The number of carbonyl (C=O) groups is 2. The largest absolute Gasteiger partial charge is 0.489 e. The molecule has 10 heteroatoms. The molecule has 2 atom stereocenters. The van der Waals surface area contributed by atoms with Gasteiger partial charge in [-0.05, 0) is 115 Å². The average Bonchev–Trinajstić information content (AvgIpc) is 3.05. The average molecular weight is 685 g/mol. The summed E-state index contributed by atoms with van der Waals surface area (Å²) in [4.78, 5) is 30.5. The van der Waals surface area contributed by atoms with Gasteiger partial charge in [0.25, 0.3) is 0 Å². The Kier molecular flexibility index (Phi) is 16.0. The first-order chi connectivity index (χ1) is 23.8. The van der Waals surface area contributed by atoms with E-state index in [1.54, 1.807) is 24.5 Å². The summed E-state index contributed by atoms with van der Waals surface area (Å²) in [6, 6.07) is 23.5. The number of aromatic nitrogens is 2. The molecule has 0 radical (unpaired) electrons. The van der Waals surface area contributed by atoms with Gasteiger partial charge in [-0.1, -0.05) is 24.3 Å². The van der Waals surface area contributed by atoms with Crippen LogP contribution in [0.5, 0.6) is 34.8 Å². The van der Waals surface area contributed by atoms with Crippen LogP contribution in [0.3, 0.4) is 0 Å². The van der Waals surface area contributed by atoms with Crippen molar-refractivity contribution in [2.24, 2.45) is 0 Å². The van der Waals surface area contributed by atoms with E-state index in [1.807, 2.05) is 102 Å². The highest BCUT2D eigenvalue weighted by Gasteiger charge is 2.07. The van der Waals surface area contributed by atoms with Gasteiger partial charge in [0.15, 0.2) is 0 Å². The smallest absolute Gasteiger partial charge is 0.219 e. The summed E-state index contributed by atoms with van der Waals surface area (Å²) in [5, 5.41) is 5.78. The van der Waals surface area contributed by atoms with E-state index >= 15 is 0 Å². The summed E-state index contributed by atoms with van der Waals surface area (Å²) in [5.41, 5.74) is 2.41. The van der Waals surface area contributed by atoms with Crippen LogP contribution in [0.2, 0.25) is 0 Å². The standard InChI is InChI=1S/2C20H26N2O3/c2*1-14(2)24-19-11-12-20(21-13-19)25-18-9-7-17(8-10-18)6-5-15(3)22-16(4)23/h2*7-15H,5-6H2,1-4H3,(H,22,23)/t15-;/m1./s1. The van der Waals surface area contributed by atoms with Gasteiger partial charge in [-0.25, -0.2) is 9.97 Å². The van der Waals surface area contributed by atoms with Crippen molar-refractivity contribution < 1.29 is 28.5 Å². The maximum atomic E-state index is 11.0. The maximum absolute atomic E-state index is 11.0. The molecule has 10 nitrogen and oxygen atoms in total. The van der Waals surface area contributed by atoms with Gasteiger partial charge in [0, 0.05) is 38.1 Å². The summed E-state index contributed by atoms with van der Waals surface area (Å²) in [6.07, 6.45) is 7.17. The Balaban J connectivity index is 0.000000270. The van der Waals surface area contributed by atoms with Gasteiger partial charge in [0.2, 0.25) is 23.6 Å². The predicted molar refractivity (Wildman–Crippen MR) is 196 cm³/mol. The molecule has 4 aromatic rings. The van der Waals surface area contributed by atoms with E-state index in [-0.39, 0.29) is 36.1 Å². The number of aryl methyl sites for hydroxylation is 2. The second kappa shape index (κ2) is 20.4. The molecule has 0 aliphatic carbocycles. The van der Waals surface area contributed by atoms with Crippen molar-refractivity contribution in [2.75, 3.05) is 0 Å². The molecule has 50 heavy (non-hydrogen) atoms. The Labute approximate surface area is 296 Å². The number of ether oxygens (including phenoxy) is 4. The number of pyridine rings is 2. The zero-order valence-corrected chi connectivity index (χ0v) is 30.6. The Morgan fingerprint density at radius 1 is 0.540 bits per heavy atom. The molecule has 0 aliphatic heterocycles. The lowest BCUT2D eigenvalue weighted by atomic mass is 10.1. The van der Waals surface area contributed by atoms with Crippen LogP contribution < -0.4 is 29.6 Å². The third-order valence-electron chi connectivity index (χ3n) is 7.08. The maximum Gasteiger partial charge on any atom is 0.219 e. The Morgan fingerprint density at radius 3 is 1.16 bits per heavy atom. The summed E-state index contributed by atoms with van der Waals surface area (Å²) in [5.74, 6) is 4.01. The highest BCUT2D eigenvalue weighted by molar-refractivity contribution is 5.73. The minimum absolute atomic E-state index is 0.00793. The zero-order valence-electron chi connectivity index (χ0n) is 30.6. The topological polar surface area (TPSA) is 121 Å². The SMILES string of the molecule is CC(=O)NC(C)CCc1ccc(Oc2ccc(OC(C)C)cn2)cc1.CC(=O)N[C@H](C)CCc1ccc(Oc2ccc(OC(C)C)cn2)cc1. The number of amides is 2.